The zero-order chi connectivity index (χ0) is 17.9. The van der Waals surface area contributed by atoms with Crippen LogP contribution in [0, 0.1) is 0 Å². The Morgan fingerprint density at radius 1 is 1.12 bits per heavy atom. The predicted octanol–water partition coefficient (Wildman–Crippen LogP) is 3.01. The summed E-state index contributed by atoms with van der Waals surface area (Å²) >= 11 is 6.15. The molecule has 0 aliphatic carbocycles. The Labute approximate surface area is 154 Å². The van der Waals surface area contributed by atoms with Crippen molar-refractivity contribution in [2.24, 2.45) is 0 Å². The highest BCUT2D eigenvalue weighted by molar-refractivity contribution is 6.31. The molecule has 0 fully saturated rings. The van der Waals surface area contributed by atoms with Gasteiger partial charge in [0.15, 0.2) is 5.15 Å². The van der Waals surface area contributed by atoms with Crippen LogP contribution in [-0.2, 0) is 11.2 Å². The average molecular weight is 366 g/mol. The molecule has 1 amide bonds. The molecule has 0 unspecified atom stereocenters. The summed E-state index contributed by atoms with van der Waals surface area (Å²) in [5.74, 6) is -0.185. The topological polar surface area (TPSA) is 63.7 Å². The molecule has 7 heteroatoms. The number of pyridine rings is 2. The zero-order valence-electron chi connectivity index (χ0n) is 13.8. The number of halogens is 1. The lowest BCUT2D eigenvalue weighted by Crippen LogP contribution is -2.23. The molecule has 0 spiro atoms. The first-order chi connectivity index (χ1) is 12.7. The van der Waals surface area contributed by atoms with Gasteiger partial charge >= 0.3 is 0 Å². The normalized spacial score (nSPS) is 11.6. The Hall–Kier alpha value is -3.12. The minimum atomic E-state index is -0.185. The number of nitrogens with one attached hydrogen (secondary N) is 1. The van der Waals surface area contributed by atoms with Crippen molar-refractivity contribution >= 4 is 34.9 Å². The van der Waals surface area contributed by atoms with Crippen molar-refractivity contribution in [3.8, 4) is 0 Å². The number of imidazole rings is 2. The van der Waals surface area contributed by atoms with Crippen molar-refractivity contribution in [3.63, 3.8) is 0 Å². The number of rotatable bonds is 5. The van der Waals surface area contributed by atoms with E-state index in [2.05, 4.69) is 15.3 Å². The number of carbonyl (C=O) groups is 1. The average Bonchev–Trinajstić information content (AvgIpc) is 3.19. The smallest absolute Gasteiger partial charge is 0.244 e. The van der Waals surface area contributed by atoms with Crippen LogP contribution in [0.1, 0.15) is 11.4 Å². The van der Waals surface area contributed by atoms with E-state index < -0.39 is 0 Å². The van der Waals surface area contributed by atoms with E-state index in [1.807, 2.05) is 63.8 Å². The molecule has 0 aromatic carbocycles. The van der Waals surface area contributed by atoms with E-state index in [1.54, 1.807) is 6.08 Å². The van der Waals surface area contributed by atoms with Crippen molar-refractivity contribution in [1.82, 2.24) is 24.1 Å². The summed E-state index contributed by atoms with van der Waals surface area (Å²) in [6.45, 7) is 0.508. The van der Waals surface area contributed by atoms with Crippen LogP contribution in [0.5, 0.6) is 0 Å². The van der Waals surface area contributed by atoms with E-state index in [9.17, 15) is 4.79 Å². The van der Waals surface area contributed by atoms with Gasteiger partial charge in [-0.3, -0.25) is 9.20 Å². The SMILES string of the molecule is O=C(/C=C/c1c(Cl)nc2ccccn12)NCCc1cn2ccccc2n1. The molecule has 4 rings (SSSR count). The van der Waals surface area contributed by atoms with Gasteiger partial charge < -0.3 is 9.72 Å². The van der Waals surface area contributed by atoms with Gasteiger partial charge in [-0.2, -0.15) is 0 Å². The largest absolute Gasteiger partial charge is 0.352 e. The molecule has 6 nitrogen and oxygen atoms in total. The summed E-state index contributed by atoms with van der Waals surface area (Å²) in [4.78, 5) is 20.8. The maximum atomic E-state index is 12.1. The van der Waals surface area contributed by atoms with E-state index in [4.69, 9.17) is 11.6 Å². The van der Waals surface area contributed by atoms with E-state index in [0.29, 0.717) is 23.8 Å². The summed E-state index contributed by atoms with van der Waals surface area (Å²) in [7, 11) is 0. The lowest BCUT2D eigenvalue weighted by Gasteiger charge is -2.00. The predicted molar refractivity (Wildman–Crippen MR) is 101 cm³/mol. The van der Waals surface area contributed by atoms with Gasteiger partial charge in [0.2, 0.25) is 5.91 Å². The molecule has 0 aliphatic rings. The number of carbonyl (C=O) groups excluding carboxylic acids is 1. The molecule has 4 aromatic heterocycles. The Bertz CT molecular complexity index is 1080. The molecule has 0 radical (unpaired) electrons. The van der Waals surface area contributed by atoms with Crippen LogP contribution in [0.4, 0.5) is 0 Å². The summed E-state index contributed by atoms with van der Waals surface area (Å²) in [6, 6.07) is 11.5. The lowest BCUT2D eigenvalue weighted by molar-refractivity contribution is -0.116. The molecule has 0 saturated heterocycles. The van der Waals surface area contributed by atoms with Gasteiger partial charge in [-0.25, -0.2) is 9.97 Å². The van der Waals surface area contributed by atoms with Crippen molar-refractivity contribution in [2.45, 2.75) is 6.42 Å². The second-order valence-electron chi connectivity index (χ2n) is 5.79. The monoisotopic (exact) mass is 365 g/mol. The number of nitrogens with zero attached hydrogens (tertiary/aromatic N) is 4. The van der Waals surface area contributed by atoms with Gasteiger partial charge in [0.1, 0.15) is 11.3 Å². The highest BCUT2D eigenvalue weighted by Crippen LogP contribution is 2.18. The minimum absolute atomic E-state index is 0.185. The Morgan fingerprint density at radius 3 is 2.77 bits per heavy atom. The molecule has 0 saturated carbocycles. The maximum Gasteiger partial charge on any atom is 0.244 e. The Balaban J connectivity index is 1.37. The van der Waals surface area contributed by atoms with Crippen molar-refractivity contribution in [3.05, 3.63) is 77.6 Å². The van der Waals surface area contributed by atoms with Crippen molar-refractivity contribution < 1.29 is 4.79 Å². The third-order valence-corrected chi connectivity index (χ3v) is 4.29. The fourth-order valence-corrected chi connectivity index (χ4v) is 3.01. The van der Waals surface area contributed by atoms with Crippen LogP contribution < -0.4 is 5.32 Å². The second-order valence-corrected chi connectivity index (χ2v) is 6.15. The number of fused-ring (bicyclic) bond motifs is 2. The number of hydrogen-bond donors (Lipinski definition) is 1. The first-order valence-corrected chi connectivity index (χ1v) is 8.59. The molecular weight excluding hydrogens is 350 g/mol. The van der Waals surface area contributed by atoms with Crippen LogP contribution in [0.2, 0.25) is 5.15 Å². The third-order valence-electron chi connectivity index (χ3n) is 4.01. The van der Waals surface area contributed by atoms with E-state index in [-0.39, 0.29) is 5.91 Å². The van der Waals surface area contributed by atoms with Crippen molar-refractivity contribution in [1.29, 1.82) is 0 Å². The molecular formula is C19H16ClN5O. The van der Waals surface area contributed by atoms with Gasteiger partial charge in [-0.1, -0.05) is 23.7 Å². The maximum absolute atomic E-state index is 12.1. The fraction of sp³-hybridized carbons (Fsp3) is 0.105. The first-order valence-electron chi connectivity index (χ1n) is 8.22. The molecule has 130 valence electrons. The van der Waals surface area contributed by atoms with Crippen LogP contribution >= 0.6 is 11.6 Å². The van der Waals surface area contributed by atoms with Crippen LogP contribution in [0.25, 0.3) is 17.4 Å². The summed E-state index contributed by atoms with van der Waals surface area (Å²) < 4.78 is 3.80. The molecule has 26 heavy (non-hydrogen) atoms. The van der Waals surface area contributed by atoms with Crippen LogP contribution in [-0.4, -0.2) is 31.2 Å². The molecule has 4 aromatic rings. The molecule has 0 bridgehead atoms. The highest BCUT2D eigenvalue weighted by atomic mass is 35.5. The van der Waals surface area contributed by atoms with Gasteiger partial charge in [-0.05, 0) is 30.3 Å². The summed E-state index contributed by atoms with van der Waals surface area (Å²) in [6.07, 6.45) is 9.57. The van der Waals surface area contributed by atoms with Crippen LogP contribution in [0.3, 0.4) is 0 Å². The van der Waals surface area contributed by atoms with E-state index in [1.165, 1.54) is 6.08 Å². The van der Waals surface area contributed by atoms with Gasteiger partial charge in [0.05, 0.1) is 11.4 Å². The van der Waals surface area contributed by atoms with Gasteiger partial charge in [-0.15, -0.1) is 0 Å². The summed E-state index contributed by atoms with van der Waals surface area (Å²) in [5, 5.41) is 3.22. The fourth-order valence-electron chi connectivity index (χ4n) is 2.77. The molecule has 4 heterocycles. The van der Waals surface area contributed by atoms with Crippen molar-refractivity contribution in [2.75, 3.05) is 6.54 Å². The third kappa shape index (κ3) is 3.32. The number of aromatic nitrogens is 4. The molecule has 0 aliphatic heterocycles. The minimum Gasteiger partial charge on any atom is -0.352 e. The lowest BCUT2D eigenvalue weighted by atomic mass is 10.3. The number of amides is 1. The van der Waals surface area contributed by atoms with E-state index in [0.717, 1.165) is 17.0 Å². The molecule has 1 N–H and O–H groups in total. The standard InChI is InChI=1S/C19H16ClN5O/c20-19-15(25-12-4-2-6-17(25)23-19)7-8-18(26)21-10-9-14-13-24-11-3-1-5-16(24)22-14/h1-8,11-13H,9-10H2,(H,21,26)/b8-7+. The van der Waals surface area contributed by atoms with Gasteiger partial charge in [0.25, 0.3) is 0 Å². The summed E-state index contributed by atoms with van der Waals surface area (Å²) in [5.41, 5.74) is 3.25. The van der Waals surface area contributed by atoms with Gasteiger partial charge in [0, 0.05) is 37.6 Å². The first kappa shape index (κ1) is 16.4. The Kier molecular flexibility index (Phi) is 4.41. The Morgan fingerprint density at radius 2 is 1.92 bits per heavy atom. The number of hydrogen-bond acceptors (Lipinski definition) is 3. The van der Waals surface area contributed by atoms with Crippen LogP contribution in [0.15, 0.2) is 61.1 Å². The van der Waals surface area contributed by atoms with E-state index >= 15 is 0 Å². The molecule has 0 atom stereocenters. The quantitative estimate of drug-likeness (QED) is 0.553. The zero-order valence-corrected chi connectivity index (χ0v) is 14.6. The second kappa shape index (κ2) is 7.01. The highest BCUT2D eigenvalue weighted by Gasteiger charge is 2.07.